The van der Waals surface area contributed by atoms with Crippen molar-refractivity contribution in [2.75, 3.05) is 11.4 Å². The summed E-state index contributed by atoms with van der Waals surface area (Å²) in [5.74, 6) is -1.66. The minimum absolute atomic E-state index is 0.323. The average Bonchev–Trinajstić information content (AvgIpc) is 2.96. The van der Waals surface area contributed by atoms with Crippen molar-refractivity contribution < 1.29 is 19.5 Å². The minimum atomic E-state index is -1.27. The maximum absolute atomic E-state index is 14.0. The summed E-state index contributed by atoms with van der Waals surface area (Å²) >= 11 is 0. The zero-order chi connectivity index (χ0) is 24.9. The monoisotopic (exact) mass is 472 g/mol. The molecule has 4 rings (SSSR count). The summed E-state index contributed by atoms with van der Waals surface area (Å²) in [5, 5.41) is 9.60. The quantitative estimate of drug-likeness (QED) is 0.487. The number of benzene rings is 3. The number of carbonyl (C=O) groups excluding carboxylic acids is 2. The van der Waals surface area contributed by atoms with Crippen LogP contribution in [0.3, 0.4) is 0 Å². The van der Waals surface area contributed by atoms with Crippen molar-refractivity contribution in [2.24, 2.45) is 11.5 Å². The Bertz CT molecular complexity index is 1210. The largest absolute Gasteiger partial charge is 0.481 e. The number of aliphatic carboxylic acids is 1. The van der Waals surface area contributed by atoms with E-state index in [9.17, 15) is 19.5 Å². The lowest BCUT2D eigenvalue weighted by Crippen LogP contribution is -2.52. The van der Waals surface area contributed by atoms with Crippen LogP contribution in [-0.4, -0.2) is 40.5 Å². The highest BCUT2D eigenvalue weighted by Gasteiger charge is 2.43. The SMILES string of the molecule is NCc1ccc(C2c3ccccc3N(C(N)=O)C(CC(=O)O)C(=O)N2CCc2ccccc2)cc1. The molecule has 3 aromatic carbocycles. The second-order valence-electron chi connectivity index (χ2n) is 8.50. The van der Waals surface area contributed by atoms with Crippen LogP contribution < -0.4 is 16.4 Å². The van der Waals surface area contributed by atoms with Crippen molar-refractivity contribution in [1.29, 1.82) is 0 Å². The van der Waals surface area contributed by atoms with Gasteiger partial charge in [-0.3, -0.25) is 14.5 Å². The first kappa shape index (κ1) is 24.0. The Hall–Kier alpha value is -4.17. The molecule has 180 valence electrons. The van der Waals surface area contributed by atoms with Crippen LogP contribution in [0.25, 0.3) is 0 Å². The van der Waals surface area contributed by atoms with Gasteiger partial charge in [-0.25, -0.2) is 4.79 Å². The second kappa shape index (κ2) is 10.4. The molecule has 35 heavy (non-hydrogen) atoms. The molecule has 1 aliphatic heterocycles. The van der Waals surface area contributed by atoms with Crippen molar-refractivity contribution in [2.45, 2.75) is 31.5 Å². The third-order valence-electron chi connectivity index (χ3n) is 6.30. The fourth-order valence-corrected chi connectivity index (χ4v) is 4.65. The Morgan fingerprint density at radius 1 is 0.886 bits per heavy atom. The first-order valence-electron chi connectivity index (χ1n) is 11.4. The molecule has 0 fully saturated rings. The number of carbonyl (C=O) groups is 3. The van der Waals surface area contributed by atoms with Crippen LogP contribution in [0.4, 0.5) is 10.5 Å². The van der Waals surface area contributed by atoms with Gasteiger partial charge in [0.1, 0.15) is 6.04 Å². The molecule has 8 nitrogen and oxygen atoms in total. The van der Waals surface area contributed by atoms with Crippen molar-refractivity contribution in [3.8, 4) is 0 Å². The topological polar surface area (TPSA) is 130 Å². The van der Waals surface area contributed by atoms with E-state index >= 15 is 0 Å². The molecule has 0 spiro atoms. The van der Waals surface area contributed by atoms with Gasteiger partial charge in [-0.05, 0) is 29.2 Å². The molecule has 0 saturated carbocycles. The number of para-hydroxylation sites is 1. The Morgan fingerprint density at radius 2 is 1.54 bits per heavy atom. The smallest absolute Gasteiger partial charge is 0.320 e. The zero-order valence-corrected chi connectivity index (χ0v) is 19.2. The molecule has 0 radical (unpaired) electrons. The number of fused-ring (bicyclic) bond motifs is 1. The highest BCUT2D eigenvalue weighted by molar-refractivity contribution is 6.03. The van der Waals surface area contributed by atoms with Crippen LogP contribution in [0, 0.1) is 0 Å². The van der Waals surface area contributed by atoms with Crippen LogP contribution in [-0.2, 0) is 22.6 Å². The molecule has 0 aliphatic carbocycles. The van der Waals surface area contributed by atoms with E-state index in [-0.39, 0.29) is 0 Å². The maximum atomic E-state index is 14.0. The molecule has 0 aromatic heterocycles. The summed E-state index contributed by atoms with van der Waals surface area (Å²) in [6.07, 6.45) is -0.000725. The van der Waals surface area contributed by atoms with Gasteiger partial charge in [0.25, 0.3) is 0 Å². The number of carboxylic acids is 1. The number of nitrogens with two attached hydrogens (primary N) is 2. The zero-order valence-electron chi connectivity index (χ0n) is 19.2. The van der Waals surface area contributed by atoms with Crippen molar-refractivity contribution in [3.05, 3.63) is 101 Å². The van der Waals surface area contributed by atoms with Gasteiger partial charge in [0.05, 0.1) is 18.2 Å². The van der Waals surface area contributed by atoms with Gasteiger partial charge < -0.3 is 21.5 Å². The lowest BCUT2D eigenvalue weighted by molar-refractivity contribution is -0.142. The Labute approximate surface area is 203 Å². The molecule has 1 aliphatic rings. The van der Waals surface area contributed by atoms with E-state index in [0.29, 0.717) is 30.8 Å². The van der Waals surface area contributed by atoms with E-state index in [0.717, 1.165) is 21.6 Å². The van der Waals surface area contributed by atoms with Crippen molar-refractivity contribution in [1.82, 2.24) is 4.90 Å². The van der Waals surface area contributed by atoms with Crippen LogP contribution >= 0.6 is 0 Å². The normalized spacial score (nSPS) is 17.6. The fraction of sp³-hybridized carbons (Fsp3) is 0.222. The molecular weight excluding hydrogens is 444 g/mol. The number of hydrogen-bond donors (Lipinski definition) is 3. The molecule has 2 atom stereocenters. The summed E-state index contributed by atoms with van der Waals surface area (Å²) in [4.78, 5) is 41.1. The van der Waals surface area contributed by atoms with Gasteiger partial charge in [0, 0.05) is 18.7 Å². The van der Waals surface area contributed by atoms with Crippen LogP contribution in [0.1, 0.15) is 34.7 Å². The molecule has 5 N–H and O–H groups in total. The summed E-state index contributed by atoms with van der Waals surface area (Å²) in [6.45, 7) is 0.706. The maximum Gasteiger partial charge on any atom is 0.320 e. The summed E-state index contributed by atoms with van der Waals surface area (Å²) in [7, 11) is 0. The van der Waals surface area contributed by atoms with E-state index in [1.807, 2.05) is 66.7 Å². The molecule has 3 aromatic rings. The number of amides is 3. The van der Waals surface area contributed by atoms with Gasteiger partial charge >= 0.3 is 12.0 Å². The first-order valence-corrected chi connectivity index (χ1v) is 11.4. The Balaban J connectivity index is 1.88. The van der Waals surface area contributed by atoms with Gasteiger partial charge in [0.2, 0.25) is 5.91 Å². The fourth-order valence-electron chi connectivity index (χ4n) is 4.65. The van der Waals surface area contributed by atoms with E-state index < -0.39 is 36.4 Å². The van der Waals surface area contributed by atoms with E-state index in [4.69, 9.17) is 11.5 Å². The predicted molar refractivity (Wildman–Crippen MR) is 133 cm³/mol. The molecule has 2 unspecified atom stereocenters. The molecule has 8 heteroatoms. The van der Waals surface area contributed by atoms with Gasteiger partial charge in [-0.1, -0.05) is 72.8 Å². The average molecular weight is 473 g/mol. The number of primary amides is 1. The summed E-state index contributed by atoms with van der Waals surface area (Å²) in [5.41, 5.74) is 15.4. The van der Waals surface area contributed by atoms with E-state index in [1.54, 1.807) is 17.0 Å². The summed E-state index contributed by atoms with van der Waals surface area (Å²) < 4.78 is 0. The number of hydrogen-bond acceptors (Lipinski definition) is 4. The minimum Gasteiger partial charge on any atom is -0.481 e. The Morgan fingerprint density at radius 3 is 2.17 bits per heavy atom. The van der Waals surface area contributed by atoms with E-state index in [1.165, 1.54) is 0 Å². The van der Waals surface area contributed by atoms with Crippen LogP contribution in [0.5, 0.6) is 0 Å². The molecule has 3 amide bonds. The molecule has 0 saturated heterocycles. The predicted octanol–water partition coefficient (Wildman–Crippen LogP) is 3.05. The van der Waals surface area contributed by atoms with Gasteiger partial charge in [-0.15, -0.1) is 0 Å². The van der Waals surface area contributed by atoms with Crippen LogP contribution in [0.2, 0.25) is 0 Å². The second-order valence-corrected chi connectivity index (χ2v) is 8.50. The van der Waals surface area contributed by atoms with Gasteiger partial charge in [0.15, 0.2) is 0 Å². The van der Waals surface area contributed by atoms with E-state index in [2.05, 4.69) is 0 Å². The number of urea groups is 1. The number of rotatable bonds is 7. The van der Waals surface area contributed by atoms with Gasteiger partial charge in [-0.2, -0.15) is 0 Å². The lowest BCUT2D eigenvalue weighted by atomic mass is 9.94. The van der Waals surface area contributed by atoms with Crippen LogP contribution in [0.15, 0.2) is 78.9 Å². The van der Waals surface area contributed by atoms with Crippen molar-refractivity contribution in [3.63, 3.8) is 0 Å². The number of nitrogens with zero attached hydrogens (tertiary/aromatic N) is 2. The number of carboxylic acid groups (broad SMARTS) is 1. The summed E-state index contributed by atoms with van der Waals surface area (Å²) in [6, 6.07) is 21.8. The third kappa shape index (κ3) is 5.02. The highest BCUT2D eigenvalue weighted by atomic mass is 16.4. The standard InChI is InChI=1S/C27H28N4O4/c28-17-19-10-12-20(13-11-19)25-21-8-4-5-9-22(21)31(27(29)35)23(16-24(32)33)26(34)30(25)15-14-18-6-2-1-3-7-18/h1-13,23,25H,14-17,28H2,(H2,29,35)(H,32,33). The highest BCUT2D eigenvalue weighted by Crippen LogP contribution is 2.40. The Kier molecular flexibility index (Phi) is 7.12. The number of anilines is 1. The molecular formula is C27H28N4O4. The molecule has 0 bridgehead atoms. The van der Waals surface area contributed by atoms with Crippen molar-refractivity contribution >= 4 is 23.6 Å². The lowest BCUT2D eigenvalue weighted by Gasteiger charge is -2.33. The first-order chi connectivity index (χ1) is 16.9. The third-order valence-corrected chi connectivity index (χ3v) is 6.30. The molecule has 1 heterocycles.